The first-order chi connectivity index (χ1) is 28.8. The first-order valence-corrected chi connectivity index (χ1v) is 22.0. The van der Waals surface area contributed by atoms with Gasteiger partial charge >= 0.3 is 21.2 Å². The van der Waals surface area contributed by atoms with Gasteiger partial charge < -0.3 is 0 Å². The van der Waals surface area contributed by atoms with Crippen molar-refractivity contribution in [2.24, 2.45) is 0 Å². The summed E-state index contributed by atoms with van der Waals surface area (Å²) < 4.78 is 184. The van der Waals surface area contributed by atoms with Crippen LogP contribution in [0.15, 0.2) is 54.6 Å². The third-order valence-corrected chi connectivity index (χ3v) is 16.7. The van der Waals surface area contributed by atoms with Crippen molar-refractivity contribution in [1.29, 1.82) is 0 Å². The van der Waals surface area contributed by atoms with Gasteiger partial charge in [0.2, 0.25) is 0 Å². The molecule has 0 bridgehead atoms. The van der Waals surface area contributed by atoms with Crippen LogP contribution in [0.3, 0.4) is 0 Å². The largest absolute Gasteiger partial charge is 0.324 e. The number of rotatable bonds is 7. The van der Waals surface area contributed by atoms with Gasteiger partial charge in [0.15, 0.2) is 53.5 Å². The second-order valence-corrected chi connectivity index (χ2v) is 20.9. The summed E-state index contributed by atoms with van der Waals surface area (Å²) in [7, 11) is 0. The molecule has 0 nitrogen and oxygen atoms in total. The minimum atomic E-state index is -5.62. The van der Waals surface area contributed by atoms with Crippen LogP contribution in [-0.4, -0.2) is 6.15 Å². The fourth-order valence-electron chi connectivity index (χ4n) is 6.67. The van der Waals surface area contributed by atoms with Gasteiger partial charge in [-0.3, -0.25) is 0 Å². The molecule has 328 valence electrons. The molecule has 6 aromatic carbocycles. The van der Waals surface area contributed by atoms with Crippen LogP contribution in [0.25, 0.3) is 0 Å². The van der Waals surface area contributed by atoms with Crippen LogP contribution < -0.4 is 43.1 Å². The molecule has 0 radical (unpaired) electrons. The van der Waals surface area contributed by atoms with Crippen molar-refractivity contribution in [1.82, 2.24) is 0 Å². The molecule has 0 fully saturated rings. The Kier molecular flexibility index (Phi) is 15.7. The van der Waals surface area contributed by atoms with Gasteiger partial charge in [-0.25, -0.2) is 52.7 Å². The summed E-state index contributed by atoms with van der Waals surface area (Å²) in [6, 6.07) is 19.6. The lowest BCUT2D eigenvalue weighted by atomic mass is 9.12. The smallest absolute Gasteiger partial charge is 0.207 e. The lowest BCUT2D eigenvalue weighted by Crippen LogP contribution is -3.66. The summed E-state index contributed by atoms with van der Waals surface area (Å²) in [5.74, 6) is -31.3. The van der Waals surface area contributed by atoms with Crippen LogP contribution >= 0.6 is 92.8 Å². The predicted octanol–water partition coefficient (Wildman–Crippen LogP) is 11.1. The molecule has 0 heterocycles. The number of hydrogen-bond donors (Lipinski definition) is 0. The predicted molar refractivity (Wildman–Crippen MR) is 219 cm³/mol. The fourth-order valence-corrected chi connectivity index (χ4v) is 11.8. The van der Waals surface area contributed by atoms with Crippen LogP contribution in [0.4, 0.5) is 52.7 Å². The summed E-state index contributed by atoms with van der Waals surface area (Å²) in [6.45, 7) is 6.94. The molecule has 6 rings (SSSR count). The SMILES string of the molecule is Cc1ccccc1[I+]C(C)(C)c1ccccc1.Fc1c(F)c(Cl)c(Cl)c([B-](c2c(F)c(F)c(F)c(Cl)c2Cl)(c2c(F)c(F)c(F)c(Cl)c2Cl)c2c(F)c(F)c(F)c(Cl)c2Cl)c1F. The van der Waals surface area contributed by atoms with Gasteiger partial charge in [0.05, 0.1) is 20.1 Å². The standard InChI is InChI=1S/C24BCl8F12.C16H18I/c26-5-1(13(34)21(42)17(38)9(5)30)25(2-6(27)10(31)18(39)22(43)14(2)35,3-7(28)11(32)19(40)23(44)15(3)36)4-8(29)12(33)20(41)24(45)16(4)37;1-13-9-7-8-12-15(13)17-16(2,3)14-10-5-4-6-11-14/h;4-12H,1-3H3/q-1;+1. The van der Waals surface area contributed by atoms with Crippen molar-refractivity contribution in [2.45, 2.75) is 24.2 Å². The Labute approximate surface area is 395 Å². The maximum atomic E-state index is 16.0. The molecule has 0 saturated heterocycles. The molecule has 0 aliphatic heterocycles. The van der Waals surface area contributed by atoms with E-state index in [1.165, 1.54) is 11.1 Å². The number of hydrogen-bond acceptors (Lipinski definition) is 0. The Morgan fingerprint density at radius 1 is 0.371 bits per heavy atom. The average molecular weight is 1150 g/mol. The Bertz CT molecular complexity index is 2390. The van der Waals surface area contributed by atoms with E-state index in [0.717, 1.165) is 0 Å². The highest BCUT2D eigenvalue weighted by Crippen LogP contribution is 2.40. The second kappa shape index (κ2) is 19.2. The maximum absolute atomic E-state index is 16.0. The molecule has 0 aliphatic carbocycles. The highest BCUT2D eigenvalue weighted by molar-refractivity contribution is 7.22. The number of aryl methyl sites for hydroxylation is 1. The third-order valence-electron chi connectivity index (χ3n) is 9.58. The van der Waals surface area contributed by atoms with Crippen molar-refractivity contribution in [3.05, 3.63) is 179 Å². The molecule has 0 atom stereocenters. The summed E-state index contributed by atoms with van der Waals surface area (Å²) >= 11 is 46.6. The average Bonchev–Trinajstić information content (AvgIpc) is 3.24. The highest BCUT2D eigenvalue weighted by atomic mass is 127. The lowest BCUT2D eigenvalue weighted by Gasteiger charge is -2.46. The lowest BCUT2D eigenvalue weighted by molar-refractivity contribution is -0.705. The van der Waals surface area contributed by atoms with E-state index in [-0.39, 0.29) is 21.2 Å². The van der Waals surface area contributed by atoms with Crippen LogP contribution in [0, 0.1) is 80.3 Å². The Morgan fingerprint density at radius 3 is 0.935 bits per heavy atom. The van der Waals surface area contributed by atoms with Crippen molar-refractivity contribution in [3.63, 3.8) is 0 Å². The molecule has 0 amide bonds. The minimum Gasteiger partial charge on any atom is -0.207 e. The number of benzene rings is 6. The zero-order valence-corrected chi connectivity index (χ0v) is 38.9. The van der Waals surface area contributed by atoms with E-state index < -0.39 is 138 Å². The van der Waals surface area contributed by atoms with E-state index in [1.807, 2.05) is 0 Å². The van der Waals surface area contributed by atoms with E-state index >= 15 is 35.1 Å². The fraction of sp³-hybridized carbons (Fsp3) is 0.100. The highest BCUT2D eigenvalue weighted by Gasteiger charge is 2.50. The monoisotopic (exact) mass is 1140 g/mol. The van der Waals surface area contributed by atoms with E-state index in [1.54, 1.807) is 3.57 Å². The van der Waals surface area contributed by atoms with Gasteiger partial charge in [0.25, 0.3) is 0 Å². The molecule has 22 heteroatoms. The topological polar surface area (TPSA) is 0 Å². The van der Waals surface area contributed by atoms with Crippen LogP contribution in [0.5, 0.6) is 0 Å². The van der Waals surface area contributed by atoms with Crippen LogP contribution in [0.2, 0.25) is 40.2 Å². The number of alkyl halides is 1. The van der Waals surface area contributed by atoms with Gasteiger partial charge in [-0.1, -0.05) is 141 Å². The maximum Gasteiger partial charge on any atom is 0.324 e. The molecule has 0 aliphatic rings. The van der Waals surface area contributed by atoms with Gasteiger partial charge in [-0.05, 0) is 26.8 Å². The molecule has 0 aromatic heterocycles. The summed E-state index contributed by atoms with van der Waals surface area (Å²) in [6.07, 6.45) is -5.62. The van der Waals surface area contributed by atoms with Gasteiger partial charge in [0.1, 0.15) is 29.4 Å². The van der Waals surface area contributed by atoms with Crippen LogP contribution in [0.1, 0.15) is 25.0 Å². The first kappa shape index (κ1) is 50.6. The Hall–Kier alpha value is -2.41. The summed E-state index contributed by atoms with van der Waals surface area (Å²) in [5, 5.41) is -13.9. The van der Waals surface area contributed by atoms with E-state index in [2.05, 4.69) is 75.4 Å². The zero-order chi connectivity index (χ0) is 46.7. The quantitative estimate of drug-likeness (QED) is 0.0373. The van der Waals surface area contributed by atoms with E-state index in [4.69, 9.17) is 92.8 Å². The molecule has 62 heavy (non-hydrogen) atoms. The van der Waals surface area contributed by atoms with Crippen molar-refractivity contribution in [3.8, 4) is 0 Å². The third kappa shape index (κ3) is 8.47. The van der Waals surface area contributed by atoms with Crippen molar-refractivity contribution < 1.29 is 73.9 Å². The van der Waals surface area contributed by atoms with Crippen LogP contribution in [-0.2, 0) is 3.42 Å². The van der Waals surface area contributed by atoms with E-state index in [9.17, 15) is 17.6 Å². The normalized spacial score (nSPS) is 11.9. The zero-order valence-electron chi connectivity index (χ0n) is 30.7. The molecule has 0 unspecified atom stereocenters. The molecule has 0 N–H and O–H groups in total. The molecule has 0 spiro atoms. The van der Waals surface area contributed by atoms with Gasteiger partial charge in [0, 0.05) is 31.2 Å². The molecule has 6 aromatic rings. The Morgan fingerprint density at radius 2 is 0.645 bits per heavy atom. The van der Waals surface area contributed by atoms with Gasteiger partial charge in [-0.15, -0.1) is 21.9 Å². The summed E-state index contributed by atoms with van der Waals surface area (Å²) in [5.41, 5.74) is -5.58. The molecular weight excluding hydrogens is 1130 g/mol. The second-order valence-electron chi connectivity index (χ2n) is 13.5. The van der Waals surface area contributed by atoms with Crippen molar-refractivity contribution in [2.75, 3.05) is 0 Å². The molecular formula is C40H18BCl8F12I. The van der Waals surface area contributed by atoms with Crippen molar-refractivity contribution >= 4 is 121 Å². The minimum absolute atomic E-state index is 0.0200. The summed E-state index contributed by atoms with van der Waals surface area (Å²) in [4.78, 5) is 0. The molecule has 0 saturated carbocycles. The number of halogens is 21. The first-order valence-electron chi connectivity index (χ1n) is 16.8. The van der Waals surface area contributed by atoms with Gasteiger partial charge in [-0.2, -0.15) is 0 Å². The Balaban J connectivity index is 0.000000355. The van der Waals surface area contributed by atoms with E-state index in [0.29, 0.717) is 3.42 Å².